The molecule has 0 rings (SSSR count). The van der Waals surface area contributed by atoms with Crippen LogP contribution in [0.5, 0.6) is 0 Å². The minimum Gasteiger partial charge on any atom is -0.480 e. The molecule has 0 fully saturated rings. The van der Waals surface area contributed by atoms with E-state index in [-0.39, 0.29) is 0 Å². The number of carbonyl (C=O) groups is 1. The monoisotopic (exact) mass is 248 g/mol. The Labute approximate surface area is 86.9 Å². The number of ether oxygens (including phenoxy) is 1. The molecule has 1 N–H and O–H groups in total. The highest BCUT2D eigenvalue weighted by molar-refractivity contribution is 7.87. The van der Waals surface area contributed by atoms with E-state index in [2.05, 4.69) is 4.74 Å². The maximum Gasteiger partial charge on any atom is 0.411 e. The van der Waals surface area contributed by atoms with Gasteiger partial charge in [0.2, 0.25) is 0 Å². The van der Waals surface area contributed by atoms with E-state index in [0.29, 0.717) is 0 Å². The van der Waals surface area contributed by atoms with E-state index in [0.717, 1.165) is 13.8 Å². The Balaban J connectivity index is 4.11. The highest BCUT2D eigenvalue weighted by Crippen LogP contribution is 2.17. The van der Waals surface area contributed by atoms with E-state index in [4.69, 9.17) is 5.11 Å². The summed E-state index contributed by atoms with van der Waals surface area (Å²) in [7, 11) is -2.02. The zero-order valence-electron chi connectivity index (χ0n) is 8.13. The van der Waals surface area contributed by atoms with Crippen molar-refractivity contribution in [2.45, 2.75) is 24.8 Å². The van der Waals surface area contributed by atoms with Gasteiger partial charge in [0.1, 0.15) is 17.3 Å². The molecule has 0 saturated heterocycles. The molecule has 90 valence electrons. The molecule has 0 aromatic heterocycles. The van der Waals surface area contributed by atoms with Crippen LogP contribution in [0.25, 0.3) is 0 Å². The lowest BCUT2D eigenvalue weighted by atomic mass is 10.2. The Morgan fingerprint density at radius 1 is 1.40 bits per heavy atom. The van der Waals surface area contributed by atoms with Crippen LogP contribution in [0.1, 0.15) is 13.8 Å². The summed E-state index contributed by atoms with van der Waals surface area (Å²) in [5.74, 6) is -2.10. The Morgan fingerprint density at radius 3 is 2.20 bits per heavy atom. The molecule has 1 unspecified atom stereocenters. The highest BCUT2D eigenvalue weighted by atomic mass is 32.2. The van der Waals surface area contributed by atoms with Gasteiger partial charge in [-0.25, -0.2) is 0 Å². The molecule has 0 saturated carbocycles. The second-order valence-corrected chi connectivity index (χ2v) is 5.19. The van der Waals surface area contributed by atoms with Gasteiger partial charge >= 0.3 is 12.1 Å². The molecule has 0 bridgehead atoms. The van der Waals surface area contributed by atoms with Gasteiger partial charge in [-0.15, -0.1) is 0 Å². The zero-order chi connectivity index (χ0) is 12.3. The van der Waals surface area contributed by atoms with Crippen molar-refractivity contribution < 1.29 is 32.0 Å². The highest BCUT2D eigenvalue weighted by Gasteiger charge is 2.35. The van der Waals surface area contributed by atoms with Crippen molar-refractivity contribution in [3.05, 3.63) is 0 Å². The molecule has 0 aliphatic rings. The summed E-state index contributed by atoms with van der Waals surface area (Å²) in [6, 6.07) is 0. The SMILES string of the molecule is CC(C)(C(=O)O)S(=O)COCC(F)(F)F. The van der Waals surface area contributed by atoms with Crippen molar-refractivity contribution in [1.29, 1.82) is 0 Å². The molecular weight excluding hydrogens is 237 g/mol. The van der Waals surface area contributed by atoms with Gasteiger partial charge in [-0.1, -0.05) is 0 Å². The normalized spacial score (nSPS) is 15.0. The van der Waals surface area contributed by atoms with E-state index in [1.54, 1.807) is 0 Å². The fourth-order valence-corrected chi connectivity index (χ4v) is 1.20. The van der Waals surface area contributed by atoms with Crippen LogP contribution in [0.2, 0.25) is 0 Å². The van der Waals surface area contributed by atoms with Gasteiger partial charge in [-0.3, -0.25) is 9.00 Å². The van der Waals surface area contributed by atoms with E-state index in [1.807, 2.05) is 0 Å². The molecule has 8 heteroatoms. The molecule has 0 aromatic rings. The summed E-state index contributed by atoms with van der Waals surface area (Å²) < 4.78 is 48.6. The first-order valence-corrected chi connectivity index (χ1v) is 5.15. The van der Waals surface area contributed by atoms with Crippen LogP contribution < -0.4 is 0 Å². The first-order valence-electron chi connectivity index (χ1n) is 3.84. The molecule has 0 aliphatic carbocycles. The molecular formula is C7H11F3O4S. The Hall–Kier alpha value is -0.630. The zero-order valence-corrected chi connectivity index (χ0v) is 8.94. The number of hydrogen-bond acceptors (Lipinski definition) is 3. The van der Waals surface area contributed by atoms with Crippen LogP contribution in [0, 0.1) is 0 Å². The minimum atomic E-state index is -4.50. The number of carboxylic acids is 1. The largest absolute Gasteiger partial charge is 0.480 e. The van der Waals surface area contributed by atoms with Crippen molar-refractivity contribution >= 4 is 16.8 Å². The van der Waals surface area contributed by atoms with Crippen molar-refractivity contribution in [2.24, 2.45) is 0 Å². The maximum atomic E-state index is 11.6. The maximum absolute atomic E-state index is 11.6. The van der Waals surface area contributed by atoms with Gasteiger partial charge in [0.25, 0.3) is 0 Å². The van der Waals surface area contributed by atoms with Crippen LogP contribution in [0.15, 0.2) is 0 Å². The van der Waals surface area contributed by atoms with Crippen LogP contribution >= 0.6 is 0 Å². The smallest absolute Gasteiger partial charge is 0.411 e. The molecule has 0 aliphatic heterocycles. The fourth-order valence-electron chi connectivity index (χ4n) is 0.478. The fraction of sp³-hybridized carbons (Fsp3) is 0.857. The van der Waals surface area contributed by atoms with E-state index >= 15 is 0 Å². The van der Waals surface area contributed by atoms with Crippen molar-refractivity contribution in [3.63, 3.8) is 0 Å². The quantitative estimate of drug-likeness (QED) is 0.792. The average molecular weight is 248 g/mol. The number of halogens is 3. The lowest BCUT2D eigenvalue weighted by Crippen LogP contribution is -2.38. The number of aliphatic carboxylic acids is 1. The summed E-state index contributed by atoms with van der Waals surface area (Å²) in [6.07, 6.45) is -4.50. The van der Waals surface area contributed by atoms with Gasteiger partial charge in [-0.05, 0) is 13.8 Å². The molecule has 1 atom stereocenters. The van der Waals surface area contributed by atoms with Gasteiger partial charge in [-0.2, -0.15) is 13.2 Å². The standard InChI is InChI=1S/C7H11F3O4S/c1-6(2,5(11)12)15(13)4-14-3-7(8,9)10/h3-4H2,1-2H3,(H,11,12). The second kappa shape index (κ2) is 4.93. The number of alkyl halides is 3. The van der Waals surface area contributed by atoms with Crippen LogP contribution in [-0.2, 0) is 20.3 Å². The third-order valence-corrected chi connectivity index (χ3v) is 3.23. The lowest BCUT2D eigenvalue weighted by Gasteiger charge is -2.18. The van der Waals surface area contributed by atoms with Crippen molar-refractivity contribution in [1.82, 2.24) is 0 Å². The molecule has 4 nitrogen and oxygen atoms in total. The number of carboxylic acid groups (broad SMARTS) is 1. The number of hydrogen-bond donors (Lipinski definition) is 1. The van der Waals surface area contributed by atoms with Crippen LogP contribution in [0.4, 0.5) is 13.2 Å². The van der Waals surface area contributed by atoms with E-state index in [9.17, 15) is 22.2 Å². The first-order chi connectivity index (χ1) is 6.57. The van der Waals surface area contributed by atoms with Gasteiger partial charge in [0, 0.05) is 0 Å². The van der Waals surface area contributed by atoms with Crippen molar-refractivity contribution in [3.8, 4) is 0 Å². The average Bonchev–Trinajstić information content (AvgIpc) is 2.01. The molecule has 15 heavy (non-hydrogen) atoms. The summed E-state index contributed by atoms with van der Waals surface area (Å²) in [5, 5.41) is 8.60. The number of rotatable bonds is 5. The summed E-state index contributed by atoms with van der Waals surface area (Å²) in [5.41, 5.74) is 0. The summed E-state index contributed by atoms with van der Waals surface area (Å²) in [4.78, 5) is 10.6. The minimum absolute atomic E-state index is 0.751. The molecule has 0 radical (unpaired) electrons. The Morgan fingerprint density at radius 2 is 1.87 bits per heavy atom. The predicted molar refractivity (Wildman–Crippen MR) is 46.7 cm³/mol. The third-order valence-electron chi connectivity index (χ3n) is 1.54. The van der Waals surface area contributed by atoms with Gasteiger partial charge in [0.05, 0.1) is 10.8 Å². The van der Waals surface area contributed by atoms with Gasteiger partial charge < -0.3 is 9.84 Å². The molecule has 0 heterocycles. The van der Waals surface area contributed by atoms with Crippen LogP contribution in [0.3, 0.4) is 0 Å². The van der Waals surface area contributed by atoms with E-state index in [1.165, 1.54) is 0 Å². The molecule has 0 aromatic carbocycles. The molecule has 0 amide bonds. The lowest BCUT2D eigenvalue weighted by molar-refractivity contribution is -0.169. The van der Waals surface area contributed by atoms with E-state index < -0.39 is 40.2 Å². The topological polar surface area (TPSA) is 63.6 Å². The second-order valence-electron chi connectivity index (χ2n) is 3.24. The van der Waals surface area contributed by atoms with Gasteiger partial charge in [0.15, 0.2) is 0 Å². The van der Waals surface area contributed by atoms with Crippen molar-refractivity contribution in [2.75, 3.05) is 12.5 Å². The molecule has 0 spiro atoms. The Bertz CT molecular complexity index is 261. The summed E-state index contributed by atoms with van der Waals surface area (Å²) >= 11 is 0. The third kappa shape index (κ3) is 5.12. The first kappa shape index (κ1) is 14.4. The van der Waals surface area contributed by atoms with Crippen LogP contribution in [-0.4, -0.2) is 38.8 Å². The predicted octanol–water partition coefficient (Wildman–Crippen LogP) is 1.13. The summed E-state index contributed by atoms with van der Waals surface area (Å²) in [6.45, 7) is 0.777. The Kier molecular flexibility index (Phi) is 4.72.